The first-order valence-electron chi connectivity index (χ1n) is 4.15. The van der Waals surface area contributed by atoms with Gasteiger partial charge in [0.05, 0.1) is 0 Å². The Morgan fingerprint density at radius 2 is 2.25 bits per heavy atom. The highest BCUT2D eigenvalue weighted by molar-refractivity contribution is 5.87. The molecule has 0 heterocycles. The molecule has 1 unspecified atom stereocenters. The van der Waals surface area contributed by atoms with E-state index in [1.807, 2.05) is 6.92 Å². The fourth-order valence-corrected chi connectivity index (χ4v) is 0.754. The van der Waals surface area contributed by atoms with Gasteiger partial charge < -0.3 is 4.74 Å². The molecule has 0 spiro atoms. The maximum Gasteiger partial charge on any atom is 0.334 e. The van der Waals surface area contributed by atoms with Crippen molar-refractivity contribution in [3.8, 4) is 0 Å². The molecule has 3 heteroatoms. The largest absolute Gasteiger partial charge is 0.443 e. The lowest BCUT2D eigenvalue weighted by atomic mass is 10.3. The summed E-state index contributed by atoms with van der Waals surface area (Å²) in [5.74, 6) is -0.331. The maximum absolute atomic E-state index is 11.0. The van der Waals surface area contributed by atoms with E-state index in [9.17, 15) is 4.79 Å². The molecular formula is C9H17NO2. The Hall–Kier alpha value is -0.830. The molecule has 0 radical (unpaired) electrons. The molecule has 3 nitrogen and oxygen atoms in total. The van der Waals surface area contributed by atoms with E-state index < -0.39 is 0 Å². The normalized spacial score (nSPS) is 12.2. The van der Waals surface area contributed by atoms with Crippen LogP contribution in [0.4, 0.5) is 0 Å². The van der Waals surface area contributed by atoms with Crippen LogP contribution in [0.15, 0.2) is 12.2 Å². The average molecular weight is 171 g/mol. The fourth-order valence-electron chi connectivity index (χ4n) is 0.754. The first kappa shape index (κ1) is 11.2. The van der Waals surface area contributed by atoms with Crippen molar-refractivity contribution in [2.24, 2.45) is 0 Å². The van der Waals surface area contributed by atoms with E-state index in [4.69, 9.17) is 4.74 Å². The smallest absolute Gasteiger partial charge is 0.334 e. The van der Waals surface area contributed by atoms with Gasteiger partial charge in [0.1, 0.15) is 0 Å². The van der Waals surface area contributed by atoms with E-state index in [0.29, 0.717) is 5.57 Å². The molecule has 12 heavy (non-hydrogen) atoms. The molecule has 0 aromatic rings. The molecule has 0 aliphatic heterocycles. The number of carbonyl (C=O) groups excluding carboxylic acids is 1. The van der Waals surface area contributed by atoms with Crippen LogP contribution in [0.5, 0.6) is 0 Å². The molecule has 1 atom stereocenters. The summed E-state index contributed by atoms with van der Waals surface area (Å²) in [5, 5.41) is 2.90. The molecule has 0 rings (SSSR count). The van der Waals surface area contributed by atoms with Crippen LogP contribution in [0.1, 0.15) is 26.7 Å². The maximum atomic E-state index is 11.0. The summed E-state index contributed by atoms with van der Waals surface area (Å²) in [6.07, 6.45) is 1.63. The Kier molecular flexibility index (Phi) is 5.37. The highest BCUT2D eigenvalue weighted by Gasteiger charge is 2.10. The lowest BCUT2D eigenvalue weighted by molar-refractivity contribution is -0.145. The molecule has 1 N–H and O–H groups in total. The van der Waals surface area contributed by atoms with E-state index in [2.05, 4.69) is 11.9 Å². The van der Waals surface area contributed by atoms with Gasteiger partial charge in [0.25, 0.3) is 0 Å². The Balaban J connectivity index is 3.85. The van der Waals surface area contributed by atoms with Crippen LogP contribution in [0.3, 0.4) is 0 Å². The molecule has 0 amide bonds. The number of hydrogen-bond acceptors (Lipinski definition) is 3. The van der Waals surface area contributed by atoms with E-state index in [0.717, 1.165) is 12.8 Å². The molecule has 0 aliphatic rings. The predicted molar refractivity (Wildman–Crippen MR) is 48.7 cm³/mol. The minimum Gasteiger partial charge on any atom is -0.443 e. The van der Waals surface area contributed by atoms with Gasteiger partial charge in [-0.3, -0.25) is 5.32 Å². The van der Waals surface area contributed by atoms with Crippen LogP contribution >= 0.6 is 0 Å². The summed E-state index contributed by atoms with van der Waals surface area (Å²) in [7, 11) is 1.77. The minimum atomic E-state index is -0.331. The Morgan fingerprint density at radius 3 is 2.58 bits per heavy atom. The summed E-state index contributed by atoms with van der Waals surface area (Å²) in [4.78, 5) is 11.0. The van der Waals surface area contributed by atoms with Crippen molar-refractivity contribution in [2.45, 2.75) is 32.9 Å². The van der Waals surface area contributed by atoms with Gasteiger partial charge in [-0.25, -0.2) is 4.79 Å². The molecule has 0 aromatic carbocycles. The predicted octanol–water partition coefficient (Wildman–Crippen LogP) is 1.45. The van der Waals surface area contributed by atoms with Gasteiger partial charge in [0, 0.05) is 5.57 Å². The lowest BCUT2D eigenvalue weighted by Gasteiger charge is -2.15. The SMILES string of the molecule is C=C(C)C(=O)OC(CCC)NC. The number of hydrogen-bond donors (Lipinski definition) is 1. The third-order valence-electron chi connectivity index (χ3n) is 1.47. The zero-order valence-electron chi connectivity index (χ0n) is 8.02. The molecule has 0 aliphatic carbocycles. The number of rotatable bonds is 5. The second-order valence-electron chi connectivity index (χ2n) is 2.75. The van der Waals surface area contributed by atoms with Crippen molar-refractivity contribution in [1.82, 2.24) is 5.32 Å². The van der Waals surface area contributed by atoms with E-state index in [1.54, 1.807) is 14.0 Å². The summed E-state index contributed by atoms with van der Waals surface area (Å²) in [6.45, 7) is 7.18. The van der Waals surface area contributed by atoms with E-state index in [1.165, 1.54) is 0 Å². The van der Waals surface area contributed by atoms with Gasteiger partial charge in [-0.15, -0.1) is 0 Å². The summed E-state index contributed by atoms with van der Waals surface area (Å²) in [5.41, 5.74) is 0.436. The average Bonchev–Trinajstić information content (AvgIpc) is 2.03. The van der Waals surface area contributed by atoms with Crippen LogP contribution in [0, 0.1) is 0 Å². The Morgan fingerprint density at radius 1 is 1.67 bits per heavy atom. The van der Waals surface area contributed by atoms with E-state index >= 15 is 0 Å². The molecule has 0 saturated carbocycles. The van der Waals surface area contributed by atoms with Crippen LogP contribution in [0.25, 0.3) is 0 Å². The van der Waals surface area contributed by atoms with Crippen molar-refractivity contribution in [3.05, 3.63) is 12.2 Å². The second kappa shape index (κ2) is 5.77. The van der Waals surface area contributed by atoms with Crippen molar-refractivity contribution >= 4 is 5.97 Å². The number of esters is 1. The summed E-state index contributed by atoms with van der Waals surface area (Å²) >= 11 is 0. The minimum absolute atomic E-state index is 0.181. The first-order valence-corrected chi connectivity index (χ1v) is 4.15. The molecular weight excluding hydrogens is 154 g/mol. The second-order valence-corrected chi connectivity index (χ2v) is 2.75. The summed E-state index contributed by atoms with van der Waals surface area (Å²) < 4.78 is 5.05. The molecule has 0 bridgehead atoms. The highest BCUT2D eigenvalue weighted by atomic mass is 16.6. The molecule has 0 fully saturated rings. The van der Waals surface area contributed by atoms with Crippen LogP contribution in [-0.2, 0) is 9.53 Å². The topological polar surface area (TPSA) is 38.3 Å². The van der Waals surface area contributed by atoms with Crippen molar-refractivity contribution in [2.75, 3.05) is 7.05 Å². The van der Waals surface area contributed by atoms with Crippen LogP contribution < -0.4 is 5.32 Å². The third-order valence-corrected chi connectivity index (χ3v) is 1.47. The first-order chi connectivity index (χ1) is 5.61. The van der Waals surface area contributed by atoms with Crippen molar-refractivity contribution < 1.29 is 9.53 Å². The monoisotopic (exact) mass is 171 g/mol. The molecule has 0 aromatic heterocycles. The Bertz CT molecular complexity index is 166. The zero-order chi connectivity index (χ0) is 9.56. The van der Waals surface area contributed by atoms with Crippen molar-refractivity contribution in [1.29, 1.82) is 0 Å². The van der Waals surface area contributed by atoms with Gasteiger partial charge in [-0.2, -0.15) is 0 Å². The standard InChI is InChI=1S/C9H17NO2/c1-5-6-8(10-4)12-9(11)7(2)3/h8,10H,2,5-6H2,1,3-4H3. The van der Waals surface area contributed by atoms with E-state index in [-0.39, 0.29) is 12.2 Å². The fraction of sp³-hybridized carbons (Fsp3) is 0.667. The molecule has 0 saturated heterocycles. The van der Waals surface area contributed by atoms with Crippen molar-refractivity contribution in [3.63, 3.8) is 0 Å². The quantitative estimate of drug-likeness (QED) is 0.386. The van der Waals surface area contributed by atoms with Gasteiger partial charge in [0.15, 0.2) is 6.23 Å². The Labute approximate surface area is 73.8 Å². The lowest BCUT2D eigenvalue weighted by Crippen LogP contribution is -2.30. The highest BCUT2D eigenvalue weighted by Crippen LogP contribution is 2.01. The van der Waals surface area contributed by atoms with Gasteiger partial charge >= 0.3 is 5.97 Å². The van der Waals surface area contributed by atoms with Gasteiger partial charge in [0.2, 0.25) is 0 Å². The van der Waals surface area contributed by atoms with Gasteiger partial charge in [-0.1, -0.05) is 19.9 Å². The zero-order valence-corrected chi connectivity index (χ0v) is 8.02. The number of nitrogens with one attached hydrogen (secondary N) is 1. The summed E-state index contributed by atoms with van der Waals surface area (Å²) in [6, 6.07) is 0. The third kappa shape index (κ3) is 4.13. The van der Waals surface area contributed by atoms with Crippen LogP contribution in [0.2, 0.25) is 0 Å². The molecule has 70 valence electrons. The van der Waals surface area contributed by atoms with Crippen LogP contribution in [-0.4, -0.2) is 19.2 Å². The number of ether oxygens (including phenoxy) is 1. The van der Waals surface area contributed by atoms with Gasteiger partial charge in [-0.05, 0) is 20.4 Å². The number of carbonyl (C=O) groups is 1.